The van der Waals surface area contributed by atoms with E-state index in [1.54, 1.807) is 19.0 Å². The van der Waals surface area contributed by atoms with Crippen LogP contribution in [0, 0.1) is 0 Å². The van der Waals surface area contributed by atoms with Crippen LogP contribution in [0.3, 0.4) is 0 Å². The van der Waals surface area contributed by atoms with E-state index in [0.29, 0.717) is 6.04 Å². The zero-order valence-corrected chi connectivity index (χ0v) is 19.0. The number of nitrogens with one attached hydrogen (secondary N) is 2. The first-order valence-corrected chi connectivity index (χ1v) is 11.6. The highest BCUT2D eigenvalue weighted by Crippen LogP contribution is 2.25. The van der Waals surface area contributed by atoms with E-state index in [4.69, 9.17) is 0 Å². The molecule has 6 heteroatoms. The number of guanidine groups is 1. The fraction of sp³-hybridized carbons (Fsp3) is 0.667. The lowest BCUT2D eigenvalue weighted by molar-refractivity contribution is 0.0827. The minimum Gasteiger partial charge on any atom is -0.356 e. The topological polar surface area (TPSA) is 60.0 Å². The molecule has 0 bridgehead atoms. The van der Waals surface area contributed by atoms with Crippen LogP contribution in [-0.2, 0) is 6.42 Å². The van der Waals surface area contributed by atoms with Crippen LogP contribution >= 0.6 is 0 Å². The fourth-order valence-electron chi connectivity index (χ4n) is 4.73. The number of nitrogens with zero attached hydrogens (tertiary/aromatic N) is 3. The maximum atomic E-state index is 12.2. The van der Waals surface area contributed by atoms with Gasteiger partial charge in [-0.25, -0.2) is 0 Å². The molecule has 1 aromatic carbocycles. The molecule has 0 aromatic heterocycles. The van der Waals surface area contributed by atoms with Crippen molar-refractivity contribution in [3.8, 4) is 0 Å². The highest BCUT2D eigenvalue weighted by atomic mass is 16.2. The Balaban J connectivity index is 1.46. The van der Waals surface area contributed by atoms with Crippen LogP contribution in [0.1, 0.15) is 60.9 Å². The normalized spacial score (nSPS) is 21.3. The summed E-state index contributed by atoms with van der Waals surface area (Å²) in [5, 5.41) is 7.10. The Kier molecular flexibility index (Phi) is 8.55. The highest BCUT2D eigenvalue weighted by Gasteiger charge is 2.27. The Hall–Kier alpha value is -2.08. The summed E-state index contributed by atoms with van der Waals surface area (Å²) in [6.07, 6.45) is 10.3. The van der Waals surface area contributed by atoms with Crippen LogP contribution in [0.5, 0.6) is 0 Å². The lowest BCUT2D eigenvalue weighted by Crippen LogP contribution is -2.53. The number of rotatable bonds is 6. The minimum absolute atomic E-state index is 0.0436. The number of hydrogen-bond donors (Lipinski definition) is 2. The standard InChI is InChI=1S/C24H39N5O/c1-25-24(26-15-14-19-9-7-10-20(17-19)23(30)28(2)3)27-21-11-8-16-29(18-21)22-12-5-4-6-13-22/h7,9-10,17,21-22H,4-6,8,11-16,18H2,1-3H3,(H2,25,26,27). The quantitative estimate of drug-likeness (QED) is 0.556. The summed E-state index contributed by atoms with van der Waals surface area (Å²) in [6.45, 7) is 3.16. The number of piperidine rings is 1. The molecule has 1 saturated carbocycles. The molecule has 1 saturated heterocycles. The van der Waals surface area contributed by atoms with Crippen molar-refractivity contribution in [3.05, 3.63) is 35.4 Å². The van der Waals surface area contributed by atoms with E-state index in [1.165, 1.54) is 51.5 Å². The van der Waals surface area contributed by atoms with Crippen molar-refractivity contribution in [2.75, 3.05) is 40.8 Å². The first-order valence-electron chi connectivity index (χ1n) is 11.6. The molecule has 6 nitrogen and oxygen atoms in total. The Morgan fingerprint density at radius 2 is 1.97 bits per heavy atom. The zero-order chi connectivity index (χ0) is 21.3. The Morgan fingerprint density at radius 3 is 2.70 bits per heavy atom. The molecule has 1 heterocycles. The molecule has 1 atom stereocenters. The molecule has 3 rings (SSSR count). The second kappa shape index (κ2) is 11.3. The van der Waals surface area contributed by atoms with Gasteiger partial charge < -0.3 is 15.5 Å². The second-order valence-electron chi connectivity index (χ2n) is 8.92. The van der Waals surface area contributed by atoms with Gasteiger partial charge in [-0.15, -0.1) is 0 Å². The van der Waals surface area contributed by atoms with Crippen LogP contribution in [0.2, 0.25) is 0 Å². The van der Waals surface area contributed by atoms with E-state index in [-0.39, 0.29) is 5.91 Å². The van der Waals surface area contributed by atoms with Gasteiger partial charge >= 0.3 is 0 Å². The second-order valence-corrected chi connectivity index (χ2v) is 8.92. The number of benzene rings is 1. The van der Waals surface area contributed by atoms with E-state index in [1.807, 2.05) is 25.2 Å². The molecule has 2 N–H and O–H groups in total. The van der Waals surface area contributed by atoms with Crippen LogP contribution in [0.25, 0.3) is 0 Å². The van der Waals surface area contributed by atoms with Crippen molar-refractivity contribution in [3.63, 3.8) is 0 Å². The van der Waals surface area contributed by atoms with Crippen molar-refractivity contribution < 1.29 is 4.79 Å². The van der Waals surface area contributed by atoms with Crippen LogP contribution in [0.4, 0.5) is 0 Å². The van der Waals surface area contributed by atoms with Gasteiger partial charge in [-0.2, -0.15) is 0 Å². The lowest BCUT2D eigenvalue weighted by Gasteiger charge is -2.40. The molecule has 2 fully saturated rings. The maximum Gasteiger partial charge on any atom is 0.253 e. The van der Waals surface area contributed by atoms with Gasteiger partial charge in [0.25, 0.3) is 5.91 Å². The maximum absolute atomic E-state index is 12.2. The Bertz CT molecular complexity index is 711. The molecule has 1 amide bonds. The number of likely N-dealkylation sites (tertiary alicyclic amines) is 1. The van der Waals surface area contributed by atoms with Gasteiger partial charge in [0.15, 0.2) is 5.96 Å². The van der Waals surface area contributed by atoms with Gasteiger partial charge in [0, 0.05) is 51.9 Å². The predicted octanol–water partition coefficient (Wildman–Crippen LogP) is 2.89. The number of aliphatic imine (C=N–C) groups is 1. The smallest absolute Gasteiger partial charge is 0.253 e. The summed E-state index contributed by atoms with van der Waals surface area (Å²) in [5.41, 5.74) is 1.90. The molecule has 1 aromatic rings. The van der Waals surface area contributed by atoms with Gasteiger partial charge in [0.1, 0.15) is 0 Å². The third-order valence-electron chi connectivity index (χ3n) is 6.39. The van der Waals surface area contributed by atoms with Crippen molar-refractivity contribution in [1.82, 2.24) is 20.4 Å². The number of hydrogen-bond acceptors (Lipinski definition) is 3. The zero-order valence-electron chi connectivity index (χ0n) is 19.0. The molecular weight excluding hydrogens is 374 g/mol. The van der Waals surface area contributed by atoms with Gasteiger partial charge in [0.05, 0.1) is 0 Å². The fourth-order valence-corrected chi connectivity index (χ4v) is 4.73. The average Bonchev–Trinajstić information content (AvgIpc) is 2.78. The summed E-state index contributed by atoms with van der Waals surface area (Å²) in [4.78, 5) is 20.9. The summed E-state index contributed by atoms with van der Waals surface area (Å²) >= 11 is 0. The molecule has 1 aliphatic heterocycles. The van der Waals surface area contributed by atoms with Gasteiger partial charge in [-0.1, -0.05) is 31.4 Å². The highest BCUT2D eigenvalue weighted by molar-refractivity contribution is 5.94. The minimum atomic E-state index is 0.0436. The third-order valence-corrected chi connectivity index (χ3v) is 6.39. The first-order chi connectivity index (χ1) is 14.6. The van der Waals surface area contributed by atoms with E-state index in [2.05, 4.69) is 26.6 Å². The summed E-state index contributed by atoms with van der Waals surface area (Å²) in [7, 11) is 5.41. The Morgan fingerprint density at radius 1 is 1.17 bits per heavy atom. The molecule has 0 spiro atoms. The number of carbonyl (C=O) groups excluding carboxylic acids is 1. The van der Waals surface area contributed by atoms with Crippen molar-refractivity contribution in [1.29, 1.82) is 0 Å². The van der Waals surface area contributed by atoms with Gasteiger partial charge in [0.2, 0.25) is 0 Å². The van der Waals surface area contributed by atoms with E-state index >= 15 is 0 Å². The first kappa shape index (κ1) is 22.6. The lowest BCUT2D eigenvalue weighted by atomic mass is 9.92. The number of carbonyl (C=O) groups is 1. The van der Waals surface area contributed by atoms with Gasteiger partial charge in [-0.05, 0) is 56.3 Å². The van der Waals surface area contributed by atoms with E-state index in [0.717, 1.165) is 42.6 Å². The van der Waals surface area contributed by atoms with Crippen LogP contribution in [0.15, 0.2) is 29.3 Å². The van der Waals surface area contributed by atoms with Crippen LogP contribution < -0.4 is 10.6 Å². The van der Waals surface area contributed by atoms with Crippen molar-refractivity contribution in [2.45, 2.75) is 63.5 Å². The summed E-state index contributed by atoms with van der Waals surface area (Å²) in [5.74, 6) is 0.924. The molecule has 2 aliphatic rings. The molecule has 0 radical (unpaired) electrons. The summed E-state index contributed by atoms with van der Waals surface area (Å²) < 4.78 is 0. The Labute approximate surface area is 182 Å². The largest absolute Gasteiger partial charge is 0.356 e. The molecular formula is C24H39N5O. The van der Waals surface area contributed by atoms with Crippen molar-refractivity contribution in [2.24, 2.45) is 4.99 Å². The SMILES string of the molecule is CN=C(NCCc1cccc(C(=O)N(C)C)c1)NC1CCCN(C2CCCCC2)C1. The summed E-state index contributed by atoms with van der Waals surface area (Å²) in [6, 6.07) is 9.15. The van der Waals surface area contributed by atoms with Crippen LogP contribution in [-0.4, -0.2) is 74.5 Å². The monoisotopic (exact) mass is 413 g/mol. The third kappa shape index (κ3) is 6.46. The molecule has 1 unspecified atom stereocenters. The average molecular weight is 414 g/mol. The molecule has 1 aliphatic carbocycles. The number of amides is 1. The predicted molar refractivity (Wildman–Crippen MR) is 124 cm³/mol. The molecule has 30 heavy (non-hydrogen) atoms. The van der Waals surface area contributed by atoms with E-state index in [9.17, 15) is 4.79 Å². The van der Waals surface area contributed by atoms with Crippen molar-refractivity contribution >= 4 is 11.9 Å². The molecule has 166 valence electrons. The van der Waals surface area contributed by atoms with Gasteiger partial charge in [-0.3, -0.25) is 14.7 Å². The van der Waals surface area contributed by atoms with E-state index < -0.39 is 0 Å².